The van der Waals surface area contributed by atoms with Gasteiger partial charge in [0.05, 0.1) is 44.1 Å². The third kappa shape index (κ3) is 5.76. The molecule has 0 atom stereocenters. The Bertz CT molecular complexity index is 760. The molecule has 0 aliphatic rings. The van der Waals surface area contributed by atoms with E-state index in [0.29, 0.717) is 23.8 Å². The van der Waals surface area contributed by atoms with Crippen molar-refractivity contribution in [1.82, 2.24) is 15.6 Å². The molecular weight excluding hydrogens is 376 g/mol. The molecule has 2 N–H and O–H groups in total. The normalized spacial score (nSPS) is 11.3. The number of aryl methyl sites for hydroxylation is 2. The van der Waals surface area contributed by atoms with E-state index in [1.54, 1.807) is 32.7 Å². The maximum atomic E-state index is 5.50. The van der Waals surface area contributed by atoms with Crippen molar-refractivity contribution in [2.24, 2.45) is 4.99 Å². The first kappa shape index (κ1) is 21.8. The van der Waals surface area contributed by atoms with E-state index in [0.717, 1.165) is 41.7 Å². The van der Waals surface area contributed by atoms with Gasteiger partial charge in [0.2, 0.25) is 0 Å². The van der Waals surface area contributed by atoms with E-state index in [1.807, 2.05) is 26.0 Å². The maximum Gasteiger partial charge on any atom is 0.191 e. The van der Waals surface area contributed by atoms with E-state index in [2.05, 4.69) is 27.5 Å². The van der Waals surface area contributed by atoms with Gasteiger partial charge in [-0.15, -0.1) is 11.3 Å². The summed E-state index contributed by atoms with van der Waals surface area (Å²) in [5.41, 5.74) is 1.98. The van der Waals surface area contributed by atoms with Gasteiger partial charge in [-0.25, -0.2) is 9.98 Å². The van der Waals surface area contributed by atoms with E-state index >= 15 is 0 Å². The Hall–Kier alpha value is -2.48. The average molecular weight is 407 g/mol. The van der Waals surface area contributed by atoms with Crippen LogP contribution >= 0.6 is 11.3 Å². The molecule has 2 rings (SSSR count). The van der Waals surface area contributed by atoms with E-state index in [-0.39, 0.29) is 0 Å². The smallest absolute Gasteiger partial charge is 0.191 e. The molecule has 0 aliphatic heterocycles. The van der Waals surface area contributed by atoms with Crippen molar-refractivity contribution in [3.05, 3.63) is 33.3 Å². The van der Waals surface area contributed by atoms with Gasteiger partial charge in [0.25, 0.3) is 0 Å². The molecule has 0 unspecified atom stereocenters. The summed E-state index contributed by atoms with van der Waals surface area (Å²) in [5.74, 6) is 2.79. The summed E-state index contributed by atoms with van der Waals surface area (Å²) in [6.07, 6.45) is 0.860. The topological polar surface area (TPSA) is 77.0 Å². The molecular formula is C20H30N4O3S. The number of hydrogen-bond acceptors (Lipinski definition) is 6. The minimum Gasteiger partial charge on any atom is -0.496 e. The standard InChI is InChI=1S/C20H30N4O3S/c1-7-21-20(22-9-8-19-24-13(2)14(3)28-19)23-12-16-17(26-5)10-15(25-4)11-18(16)27-6/h10-11H,7-9,12H2,1-6H3,(H2,21,22,23). The SMILES string of the molecule is CCNC(=NCc1c(OC)cc(OC)cc1OC)NCCc1nc(C)c(C)s1. The largest absolute Gasteiger partial charge is 0.496 e. The molecule has 1 heterocycles. The number of aliphatic imine (C=N–C) groups is 1. The molecule has 0 amide bonds. The molecule has 0 saturated carbocycles. The van der Waals surface area contributed by atoms with Gasteiger partial charge in [-0.1, -0.05) is 0 Å². The second-order valence-corrected chi connectivity index (χ2v) is 7.42. The monoisotopic (exact) mass is 406 g/mol. The molecule has 0 saturated heterocycles. The zero-order chi connectivity index (χ0) is 20.5. The summed E-state index contributed by atoms with van der Waals surface area (Å²) in [5, 5.41) is 7.77. The maximum absolute atomic E-state index is 5.50. The van der Waals surface area contributed by atoms with Crippen LogP contribution in [0.25, 0.3) is 0 Å². The van der Waals surface area contributed by atoms with Crippen LogP contribution in [0.5, 0.6) is 17.2 Å². The Morgan fingerprint density at radius 1 is 1.07 bits per heavy atom. The van der Waals surface area contributed by atoms with Crippen LogP contribution in [-0.2, 0) is 13.0 Å². The Labute approximate surface area is 171 Å². The zero-order valence-electron chi connectivity index (χ0n) is 17.5. The molecule has 7 nitrogen and oxygen atoms in total. The fourth-order valence-corrected chi connectivity index (χ4v) is 3.60. The van der Waals surface area contributed by atoms with Crippen LogP contribution in [0, 0.1) is 13.8 Å². The summed E-state index contributed by atoms with van der Waals surface area (Å²) < 4.78 is 16.3. The first-order valence-corrected chi connectivity index (χ1v) is 10.1. The number of guanidine groups is 1. The van der Waals surface area contributed by atoms with Gasteiger partial charge in [-0.3, -0.25) is 0 Å². The van der Waals surface area contributed by atoms with Crippen LogP contribution in [-0.4, -0.2) is 45.4 Å². The number of aromatic nitrogens is 1. The fourth-order valence-electron chi connectivity index (χ4n) is 2.67. The number of nitrogens with one attached hydrogen (secondary N) is 2. The number of thiazole rings is 1. The first-order chi connectivity index (χ1) is 13.5. The highest BCUT2D eigenvalue weighted by Gasteiger charge is 2.13. The second kappa shape index (κ2) is 10.8. The fraction of sp³-hybridized carbons (Fsp3) is 0.500. The Morgan fingerprint density at radius 2 is 1.75 bits per heavy atom. The van der Waals surface area contributed by atoms with Crippen molar-refractivity contribution in [3.8, 4) is 17.2 Å². The lowest BCUT2D eigenvalue weighted by Gasteiger charge is -2.15. The quantitative estimate of drug-likeness (QED) is 0.492. The van der Waals surface area contributed by atoms with Gasteiger partial charge in [-0.05, 0) is 20.8 Å². The zero-order valence-corrected chi connectivity index (χ0v) is 18.3. The van der Waals surface area contributed by atoms with Gasteiger partial charge in [0, 0.05) is 36.5 Å². The summed E-state index contributed by atoms with van der Waals surface area (Å²) in [6.45, 7) is 8.14. The van der Waals surface area contributed by atoms with Gasteiger partial charge in [-0.2, -0.15) is 0 Å². The van der Waals surface area contributed by atoms with Gasteiger partial charge < -0.3 is 24.8 Å². The molecule has 0 spiro atoms. The lowest BCUT2D eigenvalue weighted by Crippen LogP contribution is -2.38. The van der Waals surface area contributed by atoms with Gasteiger partial charge >= 0.3 is 0 Å². The molecule has 8 heteroatoms. The summed E-state index contributed by atoms with van der Waals surface area (Å²) >= 11 is 1.75. The van der Waals surface area contributed by atoms with E-state index < -0.39 is 0 Å². The van der Waals surface area contributed by atoms with Gasteiger partial charge in [0.1, 0.15) is 17.2 Å². The summed E-state index contributed by atoms with van der Waals surface area (Å²) in [7, 11) is 4.87. The highest BCUT2D eigenvalue weighted by Crippen LogP contribution is 2.34. The van der Waals surface area contributed by atoms with Crippen molar-refractivity contribution in [1.29, 1.82) is 0 Å². The molecule has 0 bridgehead atoms. The van der Waals surface area contributed by atoms with Crippen molar-refractivity contribution in [3.63, 3.8) is 0 Å². The van der Waals surface area contributed by atoms with Gasteiger partial charge in [0.15, 0.2) is 5.96 Å². The van der Waals surface area contributed by atoms with E-state index in [9.17, 15) is 0 Å². The average Bonchev–Trinajstić information content (AvgIpc) is 3.02. The third-order valence-corrected chi connectivity index (χ3v) is 5.39. The highest BCUT2D eigenvalue weighted by atomic mass is 32.1. The summed E-state index contributed by atoms with van der Waals surface area (Å²) in [6, 6.07) is 3.67. The predicted octanol–water partition coefficient (Wildman–Crippen LogP) is 3.08. The Kier molecular flexibility index (Phi) is 8.38. The van der Waals surface area contributed by atoms with Crippen LogP contribution in [0.3, 0.4) is 0 Å². The van der Waals surface area contributed by atoms with Crippen molar-refractivity contribution >= 4 is 17.3 Å². The van der Waals surface area contributed by atoms with Crippen LogP contribution in [0.2, 0.25) is 0 Å². The van der Waals surface area contributed by atoms with Crippen molar-refractivity contribution in [2.45, 2.75) is 33.7 Å². The summed E-state index contributed by atoms with van der Waals surface area (Å²) in [4.78, 5) is 10.5. The minimum atomic E-state index is 0.418. The Morgan fingerprint density at radius 3 is 2.25 bits per heavy atom. The molecule has 0 fully saturated rings. The van der Waals surface area contributed by atoms with Crippen LogP contribution in [0.1, 0.15) is 28.1 Å². The predicted molar refractivity (Wildman–Crippen MR) is 114 cm³/mol. The van der Waals surface area contributed by atoms with Crippen LogP contribution < -0.4 is 24.8 Å². The van der Waals surface area contributed by atoms with E-state index in [1.165, 1.54) is 4.88 Å². The number of hydrogen-bond donors (Lipinski definition) is 2. The number of ether oxygens (including phenoxy) is 3. The minimum absolute atomic E-state index is 0.418. The van der Waals surface area contributed by atoms with Crippen LogP contribution in [0.15, 0.2) is 17.1 Å². The highest BCUT2D eigenvalue weighted by molar-refractivity contribution is 7.11. The second-order valence-electron chi connectivity index (χ2n) is 6.13. The number of rotatable bonds is 9. The number of nitrogens with zero attached hydrogens (tertiary/aromatic N) is 2. The van der Waals surface area contributed by atoms with Crippen LogP contribution in [0.4, 0.5) is 0 Å². The van der Waals surface area contributed by atoms with E-state index in [4.69, 9.17) is 14.2 Å². The molecule has 0 radical (unpaired) electrons. The molecule has 2 aromatic rings. The lowest BCUT2D eigenvalue weighted by atomic mass is 10.1. The number of methoxy groups -OCH3 is 3. The van der Waals surface area contributed by atoms with Crippen molar-refractivity contribution in [2.75, 3.05) is 34.4 Å². The molecule has 28 heavy (non-hydrogen) atoms. The molecule has 0 aliphatic carbocycles. The van der Waals surface area contributed by atoms with Crippen molar-refractivity contribution < 1.29 is 14.2 Å². The molecule has 1 aromatic carbocycles. The number of benzene rings is 1. The first-order valence-electron chi connectivity index (χ1n) is 9.26. The third-order valence-electron chi connectivity index (χ3n) is 4.26. The Balaban J connectivity index is 2.09. The molecule has 1 aromatic heterocycles. The molecule has 154 valence electrons. The lowest BCUT2D eigenvalue weighted by molar-refractivity contribution is 0.369.